The monoisotopic (exact) mass is 161 g/mol. The summed E-state index contributed by atoms with van der Waals surface area (Å²) in [4.78, 5) is 0. The van der Waals surface area contributed by atoms with E-state index < -0.39 is 0 Å². The minimum atomic E-state index is 0.222. The molecule has 0 fully saturated rings. The molecule has 0 amide bonds. The summed E-state index contributed by atoms with van der Waals surface area (Å²) < 4.78 is 0. The summed E-state index contributed by atoms with van der Waals surface area (Å²) in [6.45, 7) is 4.45. The van der Waals surface area contributed by atoms with Crippen molar-refractivity contribution >= 4 is 0 Å². The molecule has 0 saturated carbocycles. The molecule has 12 heavy (non-hydrogen) atoms. The van der Waals surface area contributed by atoms with Crippen molar-refractivity contribution in [2.24, 2.45) is 11.3 Å². The topological polar surface area (TPSA) is 12.0 Å². The number of nitrogens with one attached hydrogen (secondary N) is 1. The Hall–Kier alpha value is -0.980. The zero-order valence-electron chi connectivity index (χ0n) is 7.62. The van der Waals surface area contributed by atoms with Crippen LogP contribution in [0.4, 0.5) is 0 Å². The Morgan fingerprint density at radius 1 is 1.08 bits per heavy atom. The molecule has 0 spiro atoms. The average Bonchev–Trinajstić information content (AvgIpc) is 2.40. The molecule has 1 aliphatic carbocycles. The maximum atomic E-state index is 3.32. The summed E-state index contributed by atoms with van der Waals surface area (Å²) in [5.41, 5.74) is 0.222. The van der Waals surface area contributed by atoms with Crippen LogP contribution in [0.1, 0.15) is 13.8 Å². The van der Waals surface area contributed by atoms with Gasteiger partial charge in [-0.3, -0.25) is 0 Å². The largest absolute Gasteiger partial charge is 0.384 e. The predicted octanol–water partition coefficient (Wildman–Crippen LogP) is 2.24. The van der Waals surface area contributed by atoms with Gasteiger partial charge in [-0.05, 0) is 6.20 Å². The first-order valence-corrected chi connectivity index (χ1v) is 4.49. The fourth-order valence-electron chi connectivity index (χ4n) is 1.64. The summed E-state index contributed by atoms with van der Waals surface area (Å²) >= 11 is 0. The van der Waals surface area contributed by atoms with Gasteiger partial charge in [-0.25, -0.2) is 0 Å². The first-order valence-electron chi connectivity index (χ1n) is 4.49. The second-order valence-corrected chi connectivity index (χ2v) is 4.17. The van der Waals surface area contributed by atoms with E-state index in [9.17, 15) is 0 Å². The Labute approximate surface area is 73.9 Å². The van der Waals surface area contributed by atoms with Crippen molar-refractivity contribution in [1.82, 2.24) is 5.32 Å². The zero-order chi connectivity index (χ0) is 8.60. The lowest BCUT2D eigenvalue weighted by Gasteiger charge is -2.12. The highest BCUT2D eigenvalue weighted by molar-refractivity contribution is 5.24. The molecule has 1 heterocycles. The Morgan fingerprint density at radius 2 is 1.83 bits per heavy atom. The van der Waals surface area contributed by atoms with E-state index in [1.807, 2.05) is 6.20 Å². The second kappa shape index (κ2) is 2.51. The normalized spacial score (nSPS) is 35.8. The molecule has 0 bridgehead atoms. The molecule has 2 aliphatic rings. The molecule has 1 N–H and O–H groups in total. The highest BCUT2D eigenvalue weighted by atomic mass is 14.9. The molecule has 0 aromatic heterocycles. The quantitative estimate of drug-likeness (QED) is 0.537. The lowest BCUT2D eigenvalue weighted by atomic mass is 9.93. The summed E-state index contributed by atoms with van der Waals surface area (Å²) in [7, 11) is 0. The van der Waals surface area contributed by atoms with Gasteiger partial charge in [-0.1, -0.05) is 44.2 Å². The minimum absolute atomic E-state index is 0.222. The second-order valence-electron chi connectivity index (χ2n) is 4.17. The van der Waals surface area contributed by atoms with Crippen LogP contribution in [0, 0.1) is 11.3 Å². The smallest absolute Gasteiger partial charge is 0.0537 e. The van der Waals surface area contributed by atoms with Crippen molar-refractivity contribution in [2.75, 3.05) is 0 Å². The van der Waals surface area contributed by atoms with Gasteiger partial charge in [0.1, 0.15) is 0 Å². The number of hydrogen-bond donors (Lipinski definition) is 1. The fourth-order valence-corrected chi connectivity index (χ4v) is 1.64. The Balaban J connectivity index is 2.27. The van der Waals surface area contributed by atoms with Crippen molar-refractivity contribution in [2.45, 2.75) is 19.9 Å². The molecule has 2 unspecified atom stereocenters. The summed E-state index contributed by atoms with van der Waals surface area (Å²) in [6.07, 6.45) is 13.4. The van der Waals surface area contributed by atoms with E-state index in [0.717, 1.165) is 0 Å². The highest BCUT2D eigenvalue weighted by Crippen LogP contribution is 2.27. The Kier molecular flexibility index (Phi) is 1.60. The van der Waals surface area contributed by atoms with Crippen LogP contribution in [0.2, 0.25) is 0 Å². The molecule has 2 rings (SSSR count). The van der Waals surface area contributed by atoms with Crippen LogP contribution < -0.4 is 5.32 Å². The van der Waals surface area contributed by atoms with Gasteiger partial charge < -0.3 is 5.32 Å². The average molecular weight is 161 g/mol. The van der Waals surface area contributed by atoms with Gasteiger partial charge in [0.05, 0.1) is 6.04 Å². The van der Waals surface area contributed by atoms with Gasteiger partial charge in [0.2, 0.25) is 0 Å². The van der Waals surface area contributed by atoms with E-state index in [1.165, 1.54) is 0 Å². The molecule has 64 valence electrons. The third-order valence-corrected chi connectivity index (χ3v) is 2.50. The maximum absolute atomic E-state index is 3.32. The Morgan fingerprint density at radius 3 is 2.67 bits per heavy atom. The predicted molar refractivity (Wildman–Crippen MR) is 51.6 cm³/mol. The van der Waals surface area contributed by atoms with E-state index >= 15 is 0 Å². The van der Waals surface area contributed by atoms with Crippen molar-refractivity contribution in [1.29, 1.82) is 0 Å². The maximum Gasteiger partial charge on any atom is 0.0537 e. The first-order chi connectivity index (χ1) is 5.67. The standard InChI is InChI=1S/C11H15N/c1-11(2)6-3-9-5-8-12-10(9)4-7-11/h3-10,12H,1-2H3. The highest BCUT2D eigenvalue weighted by Gasteiger charge is 2.22. The van der Waals surface area contributed by atoms with Crippen LogP contribution in [0.15, 0.2) is 36.6 Å². The molecule has 2 atom stereocenters. The van der Waals surface area contributed by atoms with Gasteiger partial charge in [0.25, 0.3) is 0 Å². The van der Waals surface area contributed by atoms with Gasteiger partial charge in [0.15, 0.2) is 0 Å². The first kappa shape index (κ1) is 7.66. The van der Waals surface area contributed by atoms with Crippen molar-refractivity contribution in [3.05, 3.63) is 36.6 Å². The van der Waals surface area contributed by atoms with E-state index in [2.05, 4.69) is 49.5 Å². The molecular weight excluding hydrogens is 146 g/mol. The van der Waals surface area contributed by atoms with Crippen LogP contribution >= 0.6 is 0 Å². The number of rotatable bonds is 0. The van der Waals surface area contributed by atoms with Crippen LogP contribution in [0.5, 0.6) is 0 Å². The lowest BCUT2D eigenvalue weighted by Crippen LogP contribution is -2.22. The summed E-state index contributed by atoms with van der Waals surface area (Å²) in [5, 5.41) is 3.32. The van der Waals surface area contributed by atoms with Gasteiger partial charge in [-0.15, -0.1) is 0 Å². The van der Waals surface area contributed by atoms with E-state index in [0.29, 0.717) is 12.0 Å². The Bertz CT molecular complexity index is 258. The molecular formula is C11H15N. The summed E-state index contributed by atoms with van der Waals surface area (Å²) in [6, 6.07) is 0.489. The van der Waals surface area contributed by atoms with Crippen LogP contribution in [-0.4, -0.2) is 6.04 Å². The number of fused-ring (bicyclic) bond motifs is 1. The van der Waals surface area contributed by atoms with Crippen molar-refractivity contribution in [3.8, 4) is 0 Å². The molecule has 1 heteroatoms. The van der Waals surface area contributed by atoms with Crippen molar-refractivity contribution in [3.63, 3.8) is 0 Å². The number of hydrogen-bond acceptors (Lipinski definition) is 1. The minimum Gasteiger partial charge on any atom is -0.384 e. The molecule has 0 aromatic rings. The third kappa shape index (κ3) is 1.31. The summed E-state index contributed by atoms with van der Waals surface area (Å²) in [5.74, 6) is 0.558. The van der Waals surface area contributed by atoms with E-state index in [1.54, 1.807) is 0 Å². The van der Waals surface area contributed by atoms with Crippen molar-refractivity contribution < 1.29 is 0 Å². The molecule has 0 saturated heterocycles. The SMILES string of the molecule is CC1(C)C=CC2C=CNC2C=C1. The zero-order valence-corrected chi connectivity index (χ0v) is 7.62. The lowest BCUT2D eigenvalue weighted by molar-refractivity contribution is 0.625. The molecule has 0 aromatic carbocycles. The van der Waals surface area contributed by atoms with Gasteiger partial charge >= 0.3 is 0 Å². The third-order valence-electron chi connectivity index (χ3n) is 2.50. The van der Waals surface area contributed by atoms with Crippen LogP contribution in [-0.2, 0) is 0 Å². The molecule has 1 aliphatic heterocycles. The van der Waals surface area contributed by atoms with Gasteiger partial charge in [0, 0.05) is 11.3 Å². The van der Waals surface area contributed by atoms with Gasteiger partial charge in [-0.2, -0.15) is 0 Å². The van der Waals surface area contributed by atoms with Crippen LogP contribution in [0.25, 0.3) is 0 Å². The molecule has 0 radical (unpaired) electrons. The van der Waals surface area contributed by atoms with E-state index in [-0.39, 0.29) is 5.41 Å². The van der Waals surface area contributed by atoms with Crippen LogP contribution in [0.3, 0.4) is 0 Å². The number of allylic oxidation sites excluding steroid dienone is 2. The van der Waals surface area contributed by atoms with E-state index in [4.69, 9.17) is 0 Å². The fraction of sp³-hybridized carbons (Fsp3) is 0.455. The molecule has 1 nitrogen and oxygen atoms in total.